The van der Waals surface area contributed by atoms with E-state index < -0.39 is 11.8 Å². The quantitative estimate of drug-likeness (QED) is 0.842. The van der Waals surface area contributed by atoms with Gasteiger partial charge in [-0.2, -0.15) is 0 Å². The molecule has 6 heteroatoms. The van der Waals surface area contributed by atoms with Gasteiger partial charge in [0, 0.05) is 6.04 Å². The number of carbonyl (C=O) groups is 2. The van der Waals surface area contributed by atoms with E-state index in [4.69, 9.17) is 16.3 Å². The maximum atomic E-state index is 13.5. The number of ether oxygens (including phenoxy) is 1. The van der Waals surface area contributed by atoms with Gasteiger partial charge in [-0.15, -0.1) is 0 Å². The Labute approximate surface area is 166 Å². The molecule has 2 fully saturated rings. The van der Waals surface area contributed by atoms with Gasteiger partial charge < -0.3 is 10.1 Å². The number of rotatable bonds is 4. The molecule has 5 nitrogen and oxygen atoms in total. The lowest BCUT2D eigenvalue weighted by Crippen LogP contribution is -2.57. The van der Waals surface area contributed by atoms with Crippen molar-refractivity contribution in [2.24, 2.45) is 5.92 Å². The Kier molecular flexibility index (Phi) is 6.11. The molecule has 2 atom stereocenters. The number of hydrogen-bond acceptors (Lipinski definition) is 3. The van der Waals surface area contributed by atoms with Gasteiger partial charge in [0.1, 0.15) is 11.8 Å². The monoisotopic (exact) mass is 392 g/mol. The second-order valence-corrected chi connectivity index (χ2v) is 8.34. The van der Waals surface area contributed by atoms with Gasteiger partial charge in [-0.1, -0.05) is 37.6 Å². The summed E-state index contributed by atoms with van der Waals surface area (Å²) in [6, 6.07) is 6.43. The molecule has 27 heavy (non-hydrogen) atoms. The number of hydrogen-bond donors (Lipinski definition) is 1. The van der Waals surface area contributed by atoms with Gasteiger partial charge in [-0.25, -0.2) is 0 Å². The molecule has 1 aliphatic heterocycles. The van der Waals surface area contributed by atoms with Crippen molar-refractivity contribution in [3.63, 3.8) is 0 Å². The van der Waals surface area contributed by atoms with Crippen LogP contribution in [0.3, 0.4) is 0 Å². The zero-order valence-electron chi connectivity index (χ0n) is 16.3. The van der Waals surface area contributed by atoms with E-state index in [1.165, 1.54) is 0 Å². The van der Waals surface area contributed by atoms with Crippen LogP contribution in [0.4, 0.5) is 0 Å². The Balaban J connectivity index is 1.93. The molecule has 1 aliphatic carbocycles. The topological polar surface area (TPSA) is 58.6 Å². The van der Waals surface area contributed by atoms with Crippen LogP contribution in [0, 0.1) is 5.92 Å². The lowest BCUT2D eigenvalue weighted by molar-refractivity contribution is -0.128. The lowest BCUT2D eigenvalue weighted by Gasteiger charge is -2.43. The third kappa shape index (κ3) is 3.99. The number of amides is 2. The summed E-state index contributed by atoms with van der Waals surface area (Å²) < 4.78 is 6.18. The van der Waals surface area contributed by atoms with Gasteiger partial charge >= 0.3 is 0 Å². The summed E-state index contributed by atoms with van der Waals surface area (Å²) in [6.07, 6.45) is 4.29. The number of benzene rings is 1. The predicted octanol–water partition coefficient (Wildman–Crippen LogP) is 4.00. The molecule has 0 bridgehead atoms. The van der Waals surface area contributed by atoms with Gasteiger partial charge in [-0.05, 0) is 57.1 Å². The summed E-state index contributed by atoms with van der Waals surface area (Å²) in [7, 11) is 0. The van der Waals surface area contributed by atoms with E-state index in [2.05, 4.69) is 12.2 Å². The molecule has 1 saturated carbocycles. The largest absolute Gasteiger partial charge is 0.353 e. The second-order valence-electron chi connectivity index (χ2n) is 7.93. The van der Waals surface area contributed by atoms with E-state index in [0.717, 1.165) is 32.1 Å². The molecule has 2 amide bonds. The van der Waals surface area contributed by atoms with Crippen LogP contribution < -0.4 is 5.32 Å². The van der Waals surface area contributed by atoms with Gasteiger partial charge in [0.05, 0.1) is 17.2 Å². The second kappa shape index (κ2) is 8.19. The number of halogens is 1. The summed E-state index contributed by atoms with van der Waals surface area (Å²) in [5.41, 5.74) is -0.288. The van der Waals surface area contributed by atoms with Crippen molar-refractivity contribution in [2.75, 3.05) is 6.61 Å². The summed E-state index contributed by atoms with van der Waals surface area (Å²) in [5, 5.41) is 3.41. The van der Waals surface area contributed by atoms with Crippen molar-refractivity contribution in [3.05, 3.63) is 34.9 Å². The predicted molar refractivity (Wildman–Crippen MR) is 106 cm³/mol. The molecular formula is C21H29ClN2O3. The van der Waals surface area contributed by atoms with E-state index in [1.807, 2.05) is 13.8 Å². The third-order valence-electron chi connectivity index (χ3n) is 5.94. The highest BCUT2D eigenvalue weighted by Gasteiger charge is 2.53. The van der Waals surface area contributed by atoms with Crippen LogP contribution in [-0.2, 0) is 9.53 Å². The maximum Gasteiger partial charge on any atom is 0.258 e. The molecular weight excluding hydrogens is 364 g/mol. The summed E-state index contributed by atoms with van der Waals surface area (Å²) in [6.45, 7) is 6.43. The Morgan fingerprint density at radius 3 is 2.63 bits per heavy atom. The first-order valence-corrected chi connectivity index (χ1v) is 10.3. The van der Waals surface area contributed by atoms with Crippen LogP contribution in [-0.4, -0.2) is 41.1 Å². The van der Waals surface area contributed by atoms with Crippen molar-refractivity contribution < 1.29 is 14.3 Å². The first-order chi connectivity index (χ1) is 12.9. The van der Waals surface area contributed by atoms with Crippen molar-refractivity contribution in [1.29, 1.82) is 0 Å². The molecule has 3 rings (SSSR count). The fourth-order valence-corrected chi connectivity index (χ4v) is 4.20. The molecule has 1 heterocycles. The van der Waals surface area contributed by atoms with Gasteiger partial charge in [-0.3, -0.25) is 14.5 Å². The average molecular weight is 393 g/mol. The molecule has 1 aromatic carbocycles. The van der Waals surface area contributed by atoms with Gasteiger partial charge in [0.15, 0.2) is 0 Å². The molecule has 1 aromatic rings. The molecule has 1 spiro atoms. The molecule has 0 radical (unpaired) electrons. The minimum Gasteiger partial charge on any atom is -0.353 e. The standard InChI is InChI=1S/C21H29ClN2O3/c1-4-15(3)23-19(25)18-13-27-21(11-9-14(2)10-12-21)24(18)20(26)16-7-5-6-8-17(16)22/h5-8,14-15,18H,4,9-13H2,1-3H3,(H,23,25). The summed E-state index contributed by atoms with van der Waals surface area (Å²) in [5.74, 6) is 0.224. The first kappa shape index (κ1) is 20.2. The van der Waals surface area contributed by atoms with Gasteiger partial charge in [0.2, 0.25) is 5.91 Å². The Hall–Kier alpha value is -1.59. The Morgan fingerprint density at radius 2 is 2.00 bits per heavy atom. The van der Waals surface area contributed by atoms with E-state index in [9.17, 15) is 9.59 Å². The SMILES string of the molecule is CCC(C)NC(=O)C1COC2(CCC(C)CC2)N1C(=O)c1ccccc1Cl. The Bertz CT molecular complexity index is 700. The normalized spacial score (nSPS) is 29.0. The molecule has 2 aliphatic rings. The van der Waals surface area contributed by atoms with Crippen LogP contribution >= 0.6 is 11.6 Å². The fourth-order valence-electron chi connectivity index (χ4n) is 3.99. The zero-order valence-corrected chi connectivity index (χ0v) is 17.1. The van der Waals surface area contributed by atoms with Gasteiger partial charge in [0.25, 0.3) is 5.91 Å². The maximum absolute atomic E-state index is 13.5. The molecule has 1 saturated heterocycles. The van der Waals surface area contributed by atoms with E-state index in [0.29, 0.717) is 16.5 Å². The highest BCUT2D eigenvalue weighted by atomic mass is 35.5. The summed E-state index contributed by atoms with van der Waals surface area (Å²) in [4.78, 5) is 28.1. The minimum atomic E-state index is -0.708. The van der Waals surface area contributed by atoms with Crippen LogP contribution in [0.5, 0.6) is 0 Å². The van der Waals surface area contributed by atoms with Crippen LogP contribution in [0.15, 0.2) is 24.3 Å². The number of carbonyl (C=O) groups excluding carboxylic acids is 2. The Morgan fingerprint density at radius 1 is 1.33 bits per heavy atom. The molecule has 2 unspecified atom stereocenters. The van der Waals surface area contributed by atoms with Crippen LogP contribution in [0.1, 0.15) is 63.2 Å². The number of nitrogens with zero attached hydrogens (tertiary/aromatic N) is 1. The van der Waals surface area contributed by atoms with E-state index in [1.54, 1.807) is 29.2 Å². The highest BCUT2D eigenvalue weighted by Crippen LogP contribution is 2.43. The minimum absolute atomic E-state index is 0.0534. The third-order valence-corrected chi connectivity index (χ3v) is 6.27. The van der Waals surface area contributed by atoms with Crippen molar-refractivity contribution in [2.45, 2.75) is 70.7 Å². The van der Waals surface area contributed by atoms with Crippen LogP contribution in [0.2, 0.25) is 5.02 Å². The zero-order chi connectivity index (χ0) is 19.6. The number of nitrogens with one attached hydrogen (secondary N) is 1. The summed E-state index contributed by atoms with van der Waals surface area (Å²) >= 11 is 6.29. The van der Waals surface area contributed by atoms with Crippen molar-refractivity contribution >= 4 is 23.4 Å². The molecule has 1 N–H and O–H groups in total. The van der Waals surface area contributed by atoms with E-state index in [-0.39, 0.29) is 24.5 Å². The highest BCUT2D eigenvalue weighted by molar-refractivity contribution is 6.33. The lowest BCUT2D eigenvalue weighted by atomic mass is 9.83. The average Bonchev–Trinajstić information content (AvgIpc) is 3.03. The van der Waals surface area contributed by atoms with Crippen molar-refractivity contribution in [3.8, 4) is 0 Å². The molecule has 0 aromatic heterocycles. The molecule has 148 valence electrons. The fraction of sp³-hybridized carbons (Fsp3) is 0.619. The van der Waals surface area contributed by atoms with E-state index >= 15 is 0 Å². The smallest absolute Gasteiger partial charge is 0.258 e. The van der Waals surface area contributed by atoms with Crippen LogP contribution in [0.25, 0.3) is 0 Å². The van der Waals surface area contributed by atoms with Crippen molar-refractivity contribution in [1.82, 2.24) is 10.2 Å². The first-order valence-electron chi connectivity index (χ1n) is 9.90.